The van der Waals surface area contributed by atoms with E-state index in [2.05, 4.69) is 4.72 Å². The Kier molecular flexibility index (Phi) is 7.76. The van der Waals surface area contributed by atoms with Crippen molar-refractivity contribution >= 4 is 17.0 Å². The van der Waals surface area contributed by atoms with Crippen LogP contribution in [0, 0.1) is 0 Å². The van der Waals surface area contributed by atoms with Gasteiger partial charge >= 0.3 is 5.97 Å². The molecule has 0 saturated heterocycles. The second-order valence-corrected chi connectivity index (χ2v) is 8.16. The van der Waals surface area contributed by atoms with Crippen molar-refractivity contribution < 1.29 is 13.7 Å². The molecule has 5 heteroatoms. The zero-order valence-corrected chi connectivity index (χ0v) is 14.7. The highest BCUT2D eigenvalue weighted by atomic mass is 32.2. The lowest BCUT2D eigenvalue weighted by molar-refractivity contribution is -0.143. The largest absolute Gasteiger partial charge is 0.466 e. The second kappa shape index (κ2) is 9.06. The van der Waals surface area contributed by atoms with Crippen molar-refractivity contribution in [3.8, 4) is 0 Å². The molecule has 0 heterocycles. The first-order chi connectivity index (χ1) is 10.3. The van der Waals surface area contributed by atoms with Gasteiger partial charge in [0.2, 0.25) is 0 Å². The van der Waals surface area contributed by atoms with E-state index < -0.39 is 11.0 Å². The van der Waals surface area contributed by atoms with Crippen LogP contribution in [0.15, 0.2) is 30.3 Å². The van der Waals surface area contributed by atoms with Crippen LogP contribution in [0.5, 0.6) is 0 Å². The Balaban J connectivity index is 2.67. The fourth-order valence-electron chi connectivity index (χ4n) is 1.97. The molecule has 22 heavy (non-hydrogen) atoms. The molecule has 0 aliphatic carbocycles. The third-order valence-electron chi connectivity index (χ3n) is 3.19. The van der Waals surface area contributed by atoms with Crippen molar-refractivity contribution in [2.24, 2.45) is 0 Å². The van der Waals surface area contributed by atoms with Gasteiger partial charge in [-0.1, -0.05) is 30.3 Å². The number of carbonyl (C=O) groups is 1. The Morgan fingerprint density at radius 3 is 2.45 bits per heavy atom. The first kappa shape index (κ1) is 18.8. The summed E-state index contributed by atoms with van der Waals surface area (Å²) in [7, 11) is -1.15. The van der Waals surface area contributed by atoms with Gasteiger partial charge in [-0.25, -0.2) is 8.93 Å². The average Bonchev–Trinajstić information content (AvgIpc) is 2.46. The van der Waals surface area contributed by atoms with Crippen LogP contribution in [0.4, 0.5) is 0 Å². The third kappa shape index (κ3) is 6.71. The summed E-state index contributed by atoms with van der Waals surface area (Å²) in [4.78, 5) is 11.4. The van der Waals surface area contributed by atoms with Crippen molar-refractivity contribution in [2.75, 3.05) is 6.61 Å². The van der Waals surface area contributed by atoms with E-state index in [4.69, 9.17) is 4.74 Å². The van der Waals surface area contributed by atoms with Crippen LogP contribution in [0.3, 0.4) is 0 Å². The van der Waals surface area contributed by atoms with E-state index in [0.717, 1.165) is 12.0 Å². The highest BCUT2D eigenvalue weighted by Gasteiger charge is 2.23. The van der Waals surface area contributed by atoms with E-state index in [-0.39, 0.29) is 16.8 Å². The lowest BCUT2D eigenvalue weighted by Gasteiger charge is -2.24. The molecule has 4 nitrogen and oxygen atoms in total. The fourth-order valence-corrected chi connectivity index (χ4v) is 2.83. The molecule has 0 bridgehead atoms. The van der Waals surface area contributed by atoms with E-state index in [1.165, 1.54) is 0 Å². The Morgan fingerprint density at radius 1 is 1.27 bits per heavy atom. The lowest BCUT2D eigenvalue weighted by Crippen LogP contribution is -2.35. The van der Waals surface area contributed by atoms with E-state index in [9.17, 15) is 9.00 Å². The minimum Gasteiger partial charge on any atom is -0.466 e. The average molecular weight is 325 g/mol. The smallest absolute Gasteiger partial charge is 0.305 e. The molecule has 0 spiro atoms. The molecule has 0 saturated carbocycles. The normalized spacial score (nSPS) is 14.4. The molecule has 0 amide bonds. The van der Waals surface area contributed by atoms with Crippen LogP contribution in [-0.2, 0) is 20.5 Å². The summed E-state index contributed by atoms with van der Waals surface area (Å²) < 4.78 is 20.2. The number of ether oxygens (including phenoxy) is 1. The Morgan fingerprint density at radius 2 is 1.91 bits per heavy atom. The minimum atomic E-state index is -1.15. The zero-order chi connectivity index (χ0) is 16.6. The SMILES string of the molecule is CCOC(=O)CCC[C@@H](N[S@](=O)C(C)(C)C)c1ccccc1. The van der Waals surface area contributed by atoms with Gasteiger partial charge in [0.25, 0.3) is 0 Å². The summed E-state index contributed by atoms with van der Waals surface area (Å²) in [5, 5.41) is 0. The topological polar surface area (TPSA) is 55.4 Å². The monoisotopic (exact) mass is 325 g/mol. The molecule has 0 aliphatic rings. The fraction of sp³-hybridized carbons (Fsp3) is 0.588. The molecule has 0 fully saturated rings. The molecule has 124 valence electrons. The van der Waals surface area contributed by atoms with Crippen LogP contribution in [0.25, 0.3) is 0 Å². The van der Waals surface area contributed by atoms with Crippen molar-refractivity contribution in [3.63, 3.8) is 0 Å². The van der Waals surface area contributed by atoms with Crippen molar-refractivity contribution in [2.45, 2.75) is 57.7 Å². The first-order valence-corrected chi connectivity index (χ1v) is 8.88. The van der Waals surface area contributed by atoms with Gasteiger partial charge in [0.1, 0.15) is 0 Å². The maximum absolute atomic E-state index is 12.4. The van der Waals surface area contributed by atoms with Gasteiger partial charge in [0.15, 0.2) is 0 Å². The quantitative estimate of drug-likeness (QED) is 0.744. The summed E-state index contributed by atoms with van der Waals surface area (Å²) in [5.41, 5.74) is 1.09. The van der Waals surface area contributed by atoms with Crippen LogP contribution >= 0.6 is 0 Å². The van der Waals surface area contributed by atoms with Crippen LogP contribution < -0.4 is 4.72 Å². The molecular formula is C17H27NO3S. The Hall–Kier alpha value is -1.20. The lowest BCUT2D eigenvalue weighted by atomic mass is 10.0. The van der Waals surface area contributed by atoms with Crippen molar-refractivity contribution in [1.29, 1.82) is 0 Å². The molecule has 0 aromatic heterocycles. The molecule has 1 rings (SSSR count). The van der Waals surface area contributed by atoms with E-state index >= 15 is 0 Å². The summed E-state index contributed by atoms with van der Waals surface area (Å²) in [6.07, 6.45) is 1.83. The van der Waals surface area contributed by atoms with Crippen LogP contribution in [-0.4, -0.2) is 21.5 Å². The van der Waals surface area contributed by atoms with Gasteiger partial charge in [-0.05, 0) is 46.1 Å². The number of carbonyl (C=O) groups excluding carboxylic acids is 1. The number of rotatable bonds is 8. The highest BCUT2D eigenvalue weighted by Crippen LogP contribution is 2.22. The minimum absolute atomic E-state index is 0.0318. The number of nitrogens with one attached hydrogen (secondary N) is 1. The van der Waals surface area contributed by atoms with Gasteiger partial charge < -0.3 is 4.74 Å². The van der Waals surface area contributed by atoms with E-state index in [0.29, 0.717) is 19.4 Å². The highest BCUT2D eigenvalue weighted by molar-refractivity contribution is 7.84. The van der Waals surface area contributed by atoms with Gasteiger partial charge in [-0.3, -0.25) is 4.79 Å². The second-order valence-electron chi connectivity index (χ2n) is 6.16. The zero-order valence-electron chi connectivity index (χ0n) is 13.9. The molecular weight excluding hydrogens is 298 g/mol. The number of hydrogen-bond acceptors (Lipinski definition) is 3. The molecule has 0 aliphatic heterocycles. The van der Waals surface area contributed by atoms with Crippen LogP contribution in [0.1, 0.15) is 58.6 Å². The molecule has 2 atom stereocenters. The number of esters is 1. The standard InChI is InChI=1S/C17H27NO3S/c1-5-21-16(19)13-9-12-15(14-10-7-6-8-11-14)18-22(20)17(2,3)4/h6-8,10-11,15,18H,5,9,12-13H2,1-4H3/t15-,22-/m1/s1. The van der Waals surface area contributed by atoms with Crippen molar-refractivity contribution in [1.82, 2.24) is 4.72 Å². The summed E-state index contributed by atoms with van der Waals surface area (Å²) in [5.74, 6) is -0.175. The summed E-state index contributed by atoms with van der Waals surface area (Å²) in [6.45, 7) is 8.04. The van der Waals surface area contributed by atoms with Gasteiger partial charge in [-0.15, -0.1) is 0 Å². The van der Waals surface area contributed by atoms with E-state index in [1.807, 2.05) is 51.1 Å². The number of hydrogen-bond donors (Lipinski definition) is 1. The summed E-state index contributed by atoms with van der Waals surface area (Å²) in [6, 6.07) is 9.89. The van der Waals surface area contributed by atoms with Gasteiger partial charge in [0, 0.05) is 12.5 Å². The maximum Gasteiger partial charge on any atom is 0.305 e. The first-order valence-electron chi connectivity index (χ1n) is 7.73. The predicted molar refractivity (Wildman–Crippen MR) is 90.7 cm³/mol. The van der Waals surface area contributed by atoms with Crippen molar-refractivity contribution in [3.05, 3.63) is 35.9 Å². The molecule has 1 aromatic rings. The molecule has 0 radical (unpaired) electrons. The van der Waals surface area contributed by atoms with Crippen LogP contribution in [0.2, 0.25) is 0 Å². The predicted octanol–water partition coefficient (Wildman–Crippen LogP) is 3.51. The van der Waals surface area contributed by atoms with Gasteiger partial charge in [0.05, 0.1) is 22.3 Å². The third-order valence-corrected chi connectivity index (χ3v) is 4.80. The van der Waals surface area contributed by atoms with Gasteiger partial charge in [-0.2, -0.15) is 0 Å². The number of benzene rings is 1. The molecule has 0 unspecified atom stereocenters. The Bertz CT molecular complexity index is 482. The maximum atomic E-state index is 12.4. The van der Waals surface area contributed by atoms with E-state index in [1.54, 1.807) is 6.92 Å². The summed E-state index contributed by atoms with van der Waals surface area (Å²) >= 11 is 0. The Labute approximate surface area is 136 Å². The molecule has 1 aromatic carbocycles. The molecule has 1 N–H and O–H groups in total.